The van der Waals surface area contributed by atoms with E-state index < -0.39 is 0 Å². The summed E-state index contributed by atoms with van der Waals surface area (Å²) >= 11 is 1.50. The van der Waals surface area contributed by atoms with E-state index in [2.05, 4.69) is 5.32 Å². The van der Waals surface area contributed by atoms with Crippen molar-refractivity contribution in [3.63, 3.8) is 0 Å². The third-order valence-electron chi connectivity index (χ3n) is 1.80. The van der Waals surface area contributed by atoms with Crippen LogP contribution in [-0.4, -0.2) is 23.7 Å². The van der Waals surface area contributed by atoms with E-state index in [9.17, 15) is 9.59 Å². The number of benzene rings is 1. The number of nitrogens with one attached hydrogen (secondary N) is 1. The molecule has 0 saturated carbocycles. The van der Waals surface area contributed by atoms with Gasteiger partial charge in [-0.3, -0.25) is 9.59 Å². The summed E-state index contributed by atoms with van der Waals surface area (Å²) in [7, 11) is 0. The molecule has 1 aromatic rings. The molecule has 1 rings (SSSR count). The van der Waals surface area contributed by atoms with Crippen LogP contribution in [-0.2, 0) is 4.79 Å². The van der Waals surface area contributed by atoms with Crippen LogP contribution in [0.1, 0.15) is 17.3 Å². The first-order chi connectivity index (χ1) is 7.13. The zero-order valence-electron chi connectivity index (χ0n) is 8.74. The lowest BCUT2D eigenvalue weighted by Gasteiger charge is -2.03. The molecule has 0 unspecified atom stereocenters. The first-order valence-corrected chi connectivity index (χ1v) is 5.92. The number of amides is 1. The van der Waals surface area contributed by atoms with Gasteiger partial charge in [-0.15, -0.1) is 0 Å². The molecule has 1 N–H and O–H groups in total. The van der Waals surface area contributed by atoms with E-state index in [4.69, 9.17) is 0 Å². The van der Waals surface area contributed by atoms with Gasteiger partial charge >= 0.3 is 0 Å². The Hall–Kier alpha value is -1.29. The summed E-state index contributed by atoms with van der Waals surface area (Å²) in [5.41, 5.74) is 1.39. The maximum absolute atomic E-state index is 11.5. The fourth-order valence-electron chi connectivity index (χ4n) is 1.16. The summed E-state index contributed by atoms with van der Waals surface area (Å²) < 4.78 is 0. The van der Waals surface area contributed by atoms with Crippen LogP contribution in [0.3, 0.4) is 0 Å². The first-order valence-electron chi connectivity index (χ1n) is 4.53. The highest BCUT2D eigenvalue weighted by molar-refractivity contribution is 7.99. The van der Waals surface area contributed by atoms with Gasteiger partial charge < -0.3 is 5.32 Å². The Morgan fingerprint density at radius 1 is 1.27 bits per heavy atom. The van der Waals surface area contributed by atoms with Gasteiger partial charge in [0, 0.05) is 18.2 Å². The van der Waals surface area contributed by atoms with Gasteiger partial charge in [0.05, 0.1) is 5.75 Å². The van der Waals surface area contributed by atoms with Crippen LogP contribution in [0, 0.1) is 0 Å². The molecule has 3 nitrogen and oxygen atoms in total. The molecule has 15 heavy (non-hydrogen) atoms. The van der Waals surface area contributed by atoms with Gasteiger partial charge in [0.1, 0.15) is 0 Å². The van der Waals surface area contributed by atoms with Crippen molar-refractivity contribution in [2.24, 2.45) is 0 Å². The lowest BCUT2D eigenvalue weighted by atomic mass is 10.1. The predicted octanol–water partition coefficient (Wildman–Crippen LogP) is 2.19. The SMILES string of the molecule is CSCC(=O)c1ccc(NC(C)=O)cc1. The van der Waals surface area contributed by atoms with E-state index in [1.54, 1.807) is 24.3 Å². The van der Waals surface area contributed by atoms with Crippen molar-refractivity contribution in [2.75, 3.05) is 17.3 Å². The second kappa shape index (κ2) is 5.56. The number of ketones is 1. The fourth-order valence-corrected chi connectivity index (χ4v) is 1.59. The number of Topliss-reactive ketones (excluding diaryl/α,β-unsaturated/α-hetero) is 1. The van der Waals surface area contributed by atoms with Crippen LogP contribution in [0.2, 0.25) is 0 Å². The Bertz CT molecular complexity index is 359. The highest BCUT2D eigenvalue weighted by Gasteiger charge is 2.04. The molecule has 0 aliphatic rings. The van der Waals surface area contributed by atoms with Crippen LogP contribution >= 0.6 is 11.8 Å². The first kappa shape index (κ1) is 11.8. The van der Waals surface area contributed by atoms with Crippen molar-refractivity contribution < 1.29 is 9.59 Å². The highest BCUT2D eigenvalue weighted by Crippen LogP contribution is 2.11. The van der Waals surface area contributed by atoms with E-state index in [-0.39, 0.29) is 11.7 Å². The van der Waals surface area contributed by atoms with Crippen molar-refractivity contribution in [1.82, 2.24) is 0 Å². The van der Waals surface area contributed by atoms with Crippen LogP contribution < -0.4 is 5.32 Å². The number of rotatable bonds is 4. The molecule has 0 fully saturated rings. The summed E-state index contributed by atoms with van der Waals surface area (Å²) in [6.07, 6.45) is 1.89. The number of carbonyl (C=O) groups is 2. The molecule has 0 saturated heterocycles. The monoisotopic (exact) mass is 223 g/mol. The minimum absolute atomic E-state index is 0.108. The van der Waals surface area contributed by atoms with Crippen molar-refractivity contribution in [3.05, 3.63) is 29.8 Å². The Labute approximate surface area is 93.3 Å². The maximum Gasteiger partial charge on any atom is 0.221 e. The number of hydrogen-bond donors (Lipinski definition) is 1. The van der Waals surface area contributed by atoms with Gasteiger partial charge in [0.15, 0.2) is 5.78 Å². The number of thioether (sulfide) groups is 1. The van der Waals surface area contributed by atoms with Crippen molar-refractivity contribution in [2.45, 2.75) is 6.92 Å². The van der Waals surface area contributed by atoms with Gasteiger partial charge in [-0.05, 0) is 30.5 Å². The largest absolute Gasteiger partial charge is 0.326 e. The summed E-state index contributed by atoms with van der Waals surface area (Å²) in [5, 5.41) is 2.65. The lowest BCUT2D eigenvalue weighted by Crippen LogP contribution is -2.06. The zero-order valence-corrected chi connectivity index (χ0v) is 9.56. The minimum Gasteiger partial charge on any atom is -0.326 e. The summed E-state index contributed by atoms with van der Waals surface area (Å²) in [6, 6.07) is 6.91. The van der Waals surface area contributed by atoms with E-state index in [0.29, 0.717) is 17.0 Å². The lowest BCUT2D eigenvalue weighted by molar-refractivity contribution is -0.114. The van der Waals surface area contributed by atoms with Gasteiger partial charge in [-0.25, -0.2) is 0 Å². The molecular weight excluding hydrogens is 210 g/mol. The standard InChI is InChI=1S/C11H13NO2S/c1-8(13)12-10-5-3-9(4-6-10)11(14)7-15-2/h3-6H,7H2,1-2H3,(H,12,13). The molecule has 80 valence electrons. The quantitative estimate of drug-likeness (QED) is 0.796. The number of anilines is 1. The maximum atomic E-state index is 11.5. The molecule has 0 radical (unpaired) electrons. The summed E-state index contributed by atoms with van der Waals surface area (Å²) in [6.45, 7) is 1.45. The molecule has 0 spiro atoms. The second-order valence-corrected chi connectivity index (χ2v) is 3.98. The molecule has 4 heteroatoms. The van der Waals surface area contributed by atoms with Crippen LogP contribution in [0.15, 0.2) is 24.3 Å². The normalized spacial score (nSPS) is 9.73. The summed E-state index contributed by atoms with van der Waals surface area (Å²) in [4.78, 5) is 22.2. The Balaban J connectivity index is 2.71. The Kier molecular flexibility index (Phi) is 4.37. The average molecular weight is 223 g/mol. The highest BCUT2D eigenvalue weighted by atomic mass is 32.2. The third kappa shape index (κ3) is 3.75. The molecule has 0 heterocycles. The van der Waals surface area contributed by atoms with Crippen LogP contribution in [0.25, 0.3) is 0 Å². The van der Waals surface area contributed by atoms with E-state index in [1.165, 1.54) is 18.7 Å². The molecule has 1 aromatic carbocycles. The third-order valence-corrected chi connectivity index (χ3v) is 2.35. The van der Waals surface area contributed by atoms with Crippen LogP contribution in [0.5, 0.6) is 0 Å². The van der Waals surface area contributed by atoms with E-state index >= 15 is 0 Å². The molecule has 1 amide bonds. The Morgan fingerprint density at radius 2 is 1.87 bits per heavy atom. The molecule has 0 aromatic heterocycles. The number of hydrogen-bond acceptors (Lipinski definition) is 3. The Morgan fingerprint density at radius 3 is 2.33 bits per heavy atom. The summed E-state index contributed by atoms with van der Waals surface area (Å²) in [5.74, 6) is 0.481. The van der Waals surface area contributed by atoms with E-state index in [0.717, 1.165) is 0 Å². The zero-order chi connectivity index (χ0) is 11.3. The average Bonchev–Trinajstić information content (AvgIpc) is 2.18. The molecule has 0 atom stereocenters. The van der Waals surface area contributed by atoms with Gasteiger partial charge in [0.25, 0.3) is 0 Å². The van der Waals surface area contributed by atoms with Gasteiger partial charge in [-0.1, -0.05) is 0 Å². The van der Waals surface area contributed by atoms with Crippen molar-refractivity contribution >= 4 is 29.1 Å². The van der Waals surface area contributed by atoms with Gasteiger partial charge in [-0.2, -0.15) is 11.8 Å². The van der Waals surface area contributed by atoms with Crippen molar-refractivity contribution in [3.8, 4) is 0 Å². The predicted molar refractivity (Wildman–Crippen MR) is 63.5 cm³/mol. The topological polar surface area (TPSA) is 46.2 Å². The smallest absolute Gasteiger partial charge is 0.221 e. The fraction of sp³-hybridized carbons (Fsp3) is 0.273. The minimum atomic E-state index is -0.113. The molecular formula is C11H13NO2S. The molecule has 0 aliphatic heterocycles. The molecule has 0 bridgehead atoms. The van der Waals surface area contributed by atoms with Crippen LogP contribution in [0.4, 0.5) is 5.69 Å². The van der Waals surface area contributed by atoms with E-state index in [1.807, 2.05) is 6.26 Å². The second-order valence-electron chi connectivity index (χ2n) is 3.11. The van der Waals surface area contributed by atoms with Crippen molar-refractivity contribution in [1.29, 1.82) is 0 Å². The number of carbonyl (C=O) groups excluding carboxylic acids is 2. The molecule has 0 aliphatic carbocycles. The van der Waals surface area contributed by atoms with Gasteiger partial charge in [0.2, 0.25) is 5.91 Å².